The van der Waals surface area contributed by atoms with Crippen LogP contribution in [0.4, 0.5) is 24.5 Å². The zero-order valence-electron chi connectivity index (χ0n) is 17.2. The zero-order valence-corrected chi connectivity index (χ0v) is 18.0. The van der Waals surface area contributed by atoms with Gasteiger partial charge in [-0.05, 0) is 48.0 Å². The second-order valence-corrected chi connectivity index (χ2v) is 9.56. The van der Waals surface area contributed by atoms with Gasteiger partial charge in [0.25, 0.3) is 10.0 Å². The molecule has 0 aromatic heterocycles. The number of benzene rings is 2. The summed E-state index contributed by atoms with van der Waals surface area (Å²) >= 11 is 0. The number of nitrogens with one attached hydrogen (secondary N) is 1. The van der Waals surface area contributed by atoms with Gasteiger partial charge < -0.3 is 4.90 Å². The monoisotopic (exact) mass is 467 g/mol. The molecule has 1 amide bonds. The minimum Gasteiger partial charge on any atom is -0.310 e. The molecular formula is C21H20F3N3O4S. The van der Waals surface area contributed by atoms with Crippen molar-refractivity contribution >= 4 is 27.3 Å². The maximum absolute atomic E-state index is 12.7. The van der Waals surface area contributed by atoms with Gasteiger partial charge in [-0.1, -0.05) is 13.8 Å². The number of alkyl halides is 3. The molecule has 0 spiro atoms. The van der Waals surface area contributed by atoms with Gasteiger partial charge in [-0.3, -0.25) is 14.3 Å². The third kappa shape index (κ3) is 5.20. The maximum atomic E-state index is 12.7. The summed E-state index contributed by atoms with van der Waals surface area (Å²) in [7, 11) is -3.94. The highest BCUT2D eigenvalue weighted by molar-refractivity contribution is 7.92. The van der Waals surface area contributed by atoms with E-state index in [9.17, 15) is 26.4 Å². The lowest BCUT2D eigenvalue weighted by molar-refractivity contribution is -0.323. The van der Waals surface area contributed by atoms with Gasteiger partial charge in [0.1, 0.15) is 0 Å². The van der Waals surface area contributed by atoms with Gasteiger partial charge in [-0.25, -0.2) is 8.42 Å². The highest BCUT2D eigenvalue weighted by atomic mass is 32.2. The Morgan fingerprint density at radius 2 is 1.84 bits per heavy atom. The molecule has 7 nitrogen and oxygen atoms in total. The van der Waals surface area contributed by atoms with Crippen LogP contribution in [0.15, 0.2) is 47.4 Å². The Balaban J connectivity index is 1.88. The molecule has 2 aromatic rings. The highest BCUT2D eigenvalue weighted by Gasteiger charge is 2.37. The third-order valence-corrected chi connectivity index (χ3v) is 6.43. The number of fused-ring (bicyclic) bond motifs is 1. The Morgan fingerprint density at radius 3 is 2.44 bits per heavy atom. The molecule has 1 aliphatic rings. The van der Waals surface area contributed by atoms with Crippen LogP contribution in [0.3, 0.4) is 0 Å². The molecule has 11 heteroatoms. The van der Waals surface area contributed by atoms with Gasteiger partial charge in [0, 0.05) is 29.8 Å². The van der Waals surface area contributed by atoms with E-state index in [4.69, 9.17) is 5.26 Å². The first-order valence-electron chi connectivity index (χ1n) is 9.51. The van der Waals surface area contributed by atoms with Crippen LogP contribution in [0.25, 0.3) is 0 Å². The second-order valence-electron chi connectivity index (χ2n) is 7.87. The molecule has 0 atom stereocenters. The van der Waals surface area contributed by atoms with Crippen LogP contribution in [-0.4, -0.2) is 33.8 Å². The van der Waals surface area contributed by atoms with Crippen LogP contribution in [0, 0.1) is 11.3 Å². The zero-order chi connectivity index (χ0) is 23.7. The number of carbonyl (C=O) groups excluding carboxylic acids is 1. The average Bonchev–Trinajstić information content (AvgIpc) is 2.69. The SMILES string of the molecule is CC1(C)CC(=O)N(CCOC(F)(F)F)c2ccc(NS(=O)(=O)c3ccc(C#N)cc3)cc21. The number of amides is 1. The van der Waals surface area contributed by atoms with Crippen molar-refractivity contribution in [1.29, 1.82) is 5.26 Å². The number of nitriles is 1. The highest BCUT2D eigenvalue weighted by Crippen LogP contribution is 2.41. The molecule has 0 saturated carbocycles. The molecule has 0 fully saturated rings. The molecule has 1 N–H and O–H groups in total. The summed E-state index contributed by atoms with van der Waals surface area (Å²) < 4.78 is 68.6. The Kier molecular flexibility index (Phi) is 6.22. The van der Waals surface area contributed by atoms with Crippen molar-refractivity contribution < 1.29 is 31.1 Å². The predicted molar refractivity (Wildman–Crippen MR) is 110 cm³/mol. The molecule has 0 bridgehead atoms. The van der Waals surface area contributed by atoms with Crippen LogP contribution < -0.4 is 9.62 Å². The summed E-state index contributed by atoms with van der Waals surface area (Å²) in [6.07, 6.45) is -4.76. The van der Waals surface area contributed by atoms with Gasteiger partial charge in [-0.15, -0.1) is 13.2 Å². The minimum atomic E-state index is -4.80. The topological polar surface area (TPSA) is 99.5 Å². The van der Waals surface area contributed by atoms with E-state index >= 15 is 0 Å². The molecule has 0 saturated heterocycles. The van der Waals surface area contributed by atoms with Crippen LogP contribution in [-0.2, 0) is 25.0 Å². The summed E-state index contributed by atoms with van der Waals surface area (Å²) in [5.74, 6) is -0.348. The lowest BCUT2D eigenvalue weighted by Crippen LogP contribution is -2.44. The first-order valence-corrected chi connectivity index (χ1v) is 11.0. The quantitative estimate of drug-likeness (QED) is 0.695. The molecule has 0 radical (unpaired) electrons. The van der Waals surface area contributed by atoms with Crippen molar-refractivity contribution in [3.05, 3.63) is 53.6 Å². The lowest BCUT2D eigenvalue weighted by atomic mass is 9.77. The number of halogens is 3. The van der Waals surface area contributed by atoms with Crippen LogP contribution in [0.1, 0.15) is 31.4 Å². The molecule has 1 aliphatic heterocycles. The van der Waals surface area contributed by atoms with E-state index in [1.165, 1.54) is 41.3 Å². The number of anilines is 2. The van der Waals surface area contributed by atoms with Crippen molar-refractivity contribution in [2.24, 2.45) is 0 Å². The molecule has 1 heterocycles. The number of rotatable bonds is 6. The third-order valence-electron chi connectivity index (χ3n) is 5.04. The second kappa shape index (κ2) is 8.44. The summed E-state index contributed by atoms with van der Waals surface area (Å²) in [6.45, 7) is 2.58. The van der Waals surface area contributed by atoms with Gasteiger partial charge in [-0.2, -0.15) is 5.26 Å². The molecule has 170 valence electrons. The van der Waals surface area contributed by atoms with Crippen molar-refractivity contribution in [2.45, 2.75) is 36.9 Å². The molecular weight excluding hydrogens is 447 g/mol. The molecule has 32 heavy (non-hydrogen) atoms. The summed E-state index contributed by atoms with van der Waals surface area (Å²) in [6, 6.07) is 11.8. The standard InChI is InChI=1S/C21H20F3N3O4S/c1-20(2)12-19(28)27(9-10-31-21(22,23)24)18-8-5-15(11-17(18)20)26-32(29,30)16-6-3-14(13-25)4-7-16/h3-8,11,26H,9-10,12H2,1-2H3. The number of nitrogens with zero attached hydrogens (tertiary/aromatic N) is 2. The van der Waals surface area contributed by atoms with E-state index in [0.717, 1.165) is 0 Å². The number of hydrogen-bond donors (Lipinski definition) is 1. The maximum Gasteiger partial charge on any atom is 0.522 e. The Bertz CT molecular complexity index is 1170. The van der Waals surface area contributed by atoms with Gasteiger partial charge >= 0.3 is 6.36 Å². The van der Waals surface area contributed by atoms with E-state index < -0.39 is 28.4 Å². The van der Waals surface area contributed by atoms with Crippen LogP contribution in [0.2, 0.25) is 0 Å². The molecule has 2 aromatic carbocycles. The van der Waals surface area contributed by atoms with Crippen molar-refractivity contribution in [2.75, 3.05) is 22.8 Å². The Morgan fingerprint density at radius 1 is 1.19 bits per heavy atom. The summed E-state index contributed by atoms with van der Waals surface area (Å²) in [5, 5.41) is 8.86. The van der Waals surface area contributed by atoms with E-state index in [1.54, 1.807) is 19.9 Å². The Labute approximate surface area is 183 Å². The number of carbonyl (C=O) groups is 1. The lowest BCUT2D eigenvalue weighted by Gasteiger charge is -2.39. The van der Waals surface area contributed by atoms with Crippen LogP contribution in [0.5, 0.6) is 0 Å². The normalized spacial score (nSPS) is 15.8. The smallest absolute Gasteiger partial charge is 0.310 e. The minimum absolute atomic E-state index is 0.0328. The van der Waals surface area contributed by atoms with E-state index in [1.807, 2.05) is 6.07 Å². The first kappa shape index (κ1) is 23.6. The fourth-order valence-electron chi connectivity index (χ4n) is 3.50. The van der Waals surface area contributed by atoms with Gasteiger partial charge in [0.2, 0.25) is 5.91 Å². The van der Waals surface area contributed by atoms with Crippen molar-refractivity contribution in [3.8, 4) is 6.07 Å². The van der Waals surface area contributed by atoms with E-state index in [0.29, 0.717) is 16.8 Å². The number of sulfonamides is 1. The van der Waals surface area contributed by atoms with Crippen molar-refractivity contribution in [1.82, 2.24) is 0 Å². The summed E-state index contributed by atoms with van der Waals surface area (Å²) in [4.78, 5) is 13.7. The molecule has 3 rings (SSSR count). The fraction of sp³-hybridized carbons (Fsp3) is 0.333. The summed E-state index contributed by atoms with van der Waals surface area (Å²) in [5.41, 5.74) is 0.909. The average molecular weight is 467 g/mol. The fourth-order valence-corrected chi connectivity index (χ4v) is 4.55. The number of ether oxygens (including phenoxy) is 1. The predicted octanol–water partition coefficient (Wildman–Crippen LogP) is 3.91. The van der Waals surface area contributed by atoms with E-state index in [-0.39, 0.29) is 29.5 Å². The van der Waals surface area contributed by atoms with E-state index in [2.05, 4.69) is 9.46 Å². The van der Waals surface area contributed by atoms with Crippen LogP contribution >= 0.6 is 0 Å². The first-order chi connectivity index (χ1) is 14.8. The Hall–Kier alpha value is -3.10. The number of hydrogen-bond acceptors (Lipinski definition) is 5. The molecule has 0 aliphatic carbocycles. The van der Waals surface area contributed by atoms with Crippen molar-refractivity contribution in [3.63, 3.8) is 0 Å². The molecule has 0 unspecified atom stereocenters. The van der Waals surface area contributed by atoms with Gasteiger partial charge in [0.15, 0.2) is 0 Å². The van der Waals surface area contributed by atoms with Gasteiger partial charge in [0.05, 0.1) is 23.1 Å². The largest absolute Gasteiger partial charge is 0.522 e.